The molecule has 3 aromatic carbocycles. The number of aryl methyl sites for hydroxylation is 1. The number of urea groups is 1. The van der Waals surface area contributed by atoms with E-state index in [0.717, 1.165) is 16.9 Å². The molecule has 0 radical (unpaired) electrons. The molecule has 0 aliphatic rings. The SMILES string of the molecule is COc1cccc(CSc2nnc(CNC(=O)Nc3cccc(C)c3)n2-c2ccc(Cl)cc2Cl)c1. The summed E-state index contributed by atoms with van der Waals surface area (Å²) in [4.78, 5) is 12.5. The molecule has 35 heavy (non-hydrogen) atoms. The fourth-order valence-corrected chi connectivity index (χ4v) is 4.78. The molecule has 4 rings (SSSR count). The van der Waals surface area contributed by atoms with Crippen LogP contribution in [-0.2, 0) is 12.3 Å². The number of amides is 2. The van der Waals surface area contributed by atoms with Crippen LogP contribution < -0.4 is 15.4 Å². The lowest BCUT2D eigenvalue weighted by Gasteiger charge is -2.13. The second kappa shape index (κ2) is 11.5. The summed E-state index contributed by atoms with van der Waals surface area (Å²) in [6.07, 6.45) is 0. The number of hydrogen-bond acceptors (Lipinski definition) is 5. The predicted octanol–water partition coefficient (Wildman–Crippen LogP) is 6.51. The van der Waals surface area contributed by atoms with Crippen molar-refractivity contribution >= 4 is 46.7 Å². The number of halogens is 2. The van der Waals surface area contributed by atoms with Crippen LogP contribution >= 0.6 is 35.0 Å². The van der Waals surface area contributed by atoms with Gasteiger partial charge in [0, 0.05) is 16.5 Å². The highest BCUT2D eigenvalue weighted by atomic mass is 35.5. The Hall–Kier alpha value is -3.20. The van der Waals surface area contributed by atoms with Crippen molar-refractivity contribution in [2.45, 2.75) is 24.4 Å². The standard InChI is InChI=1S/C25H23Cl2N5O2S/c1-16-5-3-7-19(11-16)29-24(33)28-14-23-30-31-25(32(23)22-10-9-18(26)13-21(22)27)35-15-17-6-4-8-20(12-17)34-2/h3-13H,14-15H2,1-2H3,(H2,28,29,33). The first-order valence-corrected chi connectivity index (χ1v) is 12.4. The van der Waals surface area contributed by atoms with Crippen LogP contribution in [0.4, 0.5) is 10.5 Å². The van der Waals surface area contributed by atoms with Crippen molar-refractivity contribution in [3.05, 3.63) is 93.7 Å². The highest BCUT2D eigenvalue weighted by Gasteiger charge is 2.18. The molecule has 1 aromatic heterocycles. The number of anilines is 1. The number of ether oxygens (including phenoxy) is 1. The van der Waals surface area contributed by atoms with Crippen molar-refractivity contribution in [3.8, 4) is 11.4 Å². The Kier molecular flexibility index (Phi) is 8.17. The Balaban J connectivity index is 1.55. The molecule has 7 nitrogen and oxygen atoms in total. The van der Waals surface area contributed by atoms with E-state index in [1.54, 1.807) is 25.3 Å². The van der Waals surface area contributed by atoms with Crippen LogP contribution in [0.3, 0.4) is 0 Å². The van der Waals surface area contributed by atoms with E-state index in [4.69, 9.17) is 27.9 Å². The summed E-state index contributed by atoms with van der Waals surface area (Å²) in [7, 11) is 1.64. The molecule has 4 aromatic rings. The zero-order chi connectivity index (χ0) is 24.8. The summed E-state index contributed by atoms with van der Waals surface area (Å²) >= 11 is 14.1. The van der Waals surface area contributed by atoms with E-state index in [9.17, 15) is 4.79 Å². The normalized spacial score (nSPS) is 10.7. The molecule has 0 fully saturated rings. The van der Waals surface area contributed by atoms with Crippen LogP contribution in [0, 0.1) is 6.92 Å². The summed E-state index contributed by atoms with van der Waals surface area (Å²) in [6, 6.07) is 20.3. The van der Waals surface area contributed by atoms with Gasteiger partial charge < -0.3 is 15.4 Å². The molecule has 0 atom stereocenters. The third-order valence-electron chi connectivity index (χ3n) is 5.04. The molecule has 0 spiro atoms. The quantitative estimate of drug-likeness (QED) is 0.255. The van der Waals surface area contributed by atoms with Gasteiger partial charge >= 0.3 is 6.03 Å². The van der Waals surface area contributed by atoms with Crippen molar-refractivity contribution in [2.75, 3.05) is 12.4 Å². The topological polar surface area (TPSA) is 81.1 Å². The first-order chi connectivity index (χ1) is 16.9. The average Bonchev–Trinajstić information content (AvgIpc) is 3.24. The predicted molar refractivity (Wildman–Crippen MR) is 141 cm³/mol. The van der Waals surface area contributed by atoms with Crippen molar-refractivity contribution in [2.24, 2.45) is 0 Å². The Morgan fingerprint density at radius 1 is 1.06 bits per heavy atom. The van der Waals surface area contributed by atoms with Crippen molar-refractivity contribution < 1.29 is 9.53 Å². The van der Waals surface area contributed by atoms with Gasteiger partial charge in [0.15, 0.2) is 11.0 Å². The number of benzene rings is 3. The fourth-order valence-electron chi connectivity index (χ4n) is 3.38. The first-order valence-electron chi connectivity index (χ1n) is 10.7. The van der Waals surface area contributed by atoms with Crippen LogP contribution in [0.25, 0.3) is 5.69 Å². The number of methoxy groups -OCH3 is 1. The lowest BCUT2D eigenvalue weighted by atomic mass is 10.2. The number of carbonyl (C=O) groups excluding carboxylic acids is 1. The molecule has 0 aliphatic heterocycles. The van der Waals surface area contributed by atoms with Crippen molar-refractivity contribution in [1.82, 2.24) is 20.1 Å². The van der Waals surface area contributed by atoms with E-state index >= 15 is 0 Å². The number of nitrogens with zero attached hydrogens (tertiary/aromatic N) is 3. The molecule has 2 N–H and O–H groups in total. The Morgan fingerprint density at radius 2 is 1.89 bits per heavy atom. The first kappa shape index (κ1) is 24.9. The van der Waals surface area contributed by atoms with Gasteiger partial charge in [-0.15, -0.1) is 10.2 Å². The molecule has 0 unspecified atom stereocenters. The van der Waals surface area contributed by atoms with Crippen LogP contribution in [0.15, 0.2) is 71.9 Å². The fraction of sp³-hybridized carbons (Fsp3) is 0.160. The maximum absolute atomic E-state index is 12.5. The maximum Gasteiger partial charge on any atom is 0.319 e. The Morgan fingerprint density at radius 3 is 2.66 bits per heavy atom. The van der Waals surface area contributed by atoms with Gasteiger partial charge in [-0.2, -0.15) is 0 Å². The minimum absolute atomic E-state index is 0.142. The van der Waals surface area contributed by atoms with Gasteiger partial charge in [0.25, 0.3) is 0 Å². The zero-order valence-corrected chi connectivity index (χ0v) is 21.4. The molecule has 0 bridgehead atoms. The lowest BCUT2D eigenvalue weighted by molar-refractivity contribution is 0.251. The van der Waals surface area contributed by atoms with Gasteiger partial charge in [-0.3, -0.25) is 4.57 Å². The Bertz CT molecular complexity index is 1350. The molecule has 180 valence electrons. The zero-order valence-electron chi connectivity index (χ0n) is 19.1. The average molecular weight is 528 g/mol. The van der Waals surface area contributed by atoms with E-state index < -0.39 is 0 Å². The highest BCUT2D eigenvalue weighted by molar-refractivity contribution is 7.98. The summed E-state index contributed by atoms with van der Waals surface area (Å²) in [5, 5.41) is 16.0. The van der Waals surface area contributed by atoms with E-state index in [2.05, 4.69) is 20.8 Å². The molecule has 2 amide bonds. The summed E-state index contributed by atoms with van der Waals surface area (Å²) in [6.45, 7) is 2.11. The molecule has 0 saturated heterocycles. The number of carbonyl (C=O) groups is 1. The largest absolute Gasteiger partial charge is 0.497 e. The minimum Gasteiger partial charge on any atom is -0.497 e. The number of nitrogens with one attached hydrogen (secondary N) is 2. The lowest BCUT2D eigenvalue weighted by Crippen LogP contribution is -2.29. The summed E-state index contributed by atoms with van der Waals surface area (Å²) in [5.41, 5.74) is 3.50. The number of hydrogen-bond donors (Lipinski definition) is 2. The second-order valence-corrected chi connectivity index (χ2v) is 9.43. The third kappa shape index (κ3) is 6.48. The highest BCUT2D eigenvalue weighted by Crippen LogP contribution is 2.31. The molecule has 1 heterocycles. The van der Waals surface area contributed by atoms with E-state index in [0.29, 0.717) is 38.2 Å². The molecule has 0 saturated carbocycles. The molecular formula is C25H23Cl2N5O2S. The number of thioether (sulfide) groups is 1. The smallest absolute Gasteiger partial charge is 0.319 e. The van der Waals surface area contributed by atoms with Gasteiger partial charge in [0.1, 0.15) is 5.75 Å². The number of aromatic nitrogens is 3. The molecule has 10 heteroatoms. The van der Waals surface area contributed by atoms with Gasteiger partial charge in [0.05, 0.1) is 24.4 Å². The van der Waals surface area contributed by atoms with Crippen molar-refractivity contribution in [1.29, 1.82) is 0 Å². The minimum atomic E-state index is -0.349. The number of rotatable bonds is 8. The maximum atomic E-state index is 12.5. The molecule has 0 aliphatic carbocycles. The second-order valence-electron chi connectivity index (χ2n) is 7.65. The van der Waals surface area contributed by atoms with Gasteiger partial charge in [-0.25, -0.2) is 4.79 Å². The van der Waals surface area contributed by atoms with Crippen LogP contribution in [0.5, 0.6) is 5.75 Å². The molecular weight excluding hydrogens is 505 g/mol. The summed E-state index contributed by atoms with van der Waals surface area (Å²) < 4.78 is 7.15. The monoisotopic (exact) mass is 527 g/mol. The van der Waals surface area contributed by atoms with Gasteiger partial charge in [-0.05, 0) is 60.5 Å². The Labute approximate surface area is 217 Å². The van der Waals surface area contributed by atoms with Crippen LogP contribution in [-0.4, -0.2) is 27.9 Å². The van der Waals surface area contributed by atoms with Crippen LogP contribution in [0.1, 0.15) is 17.0 Å². The third-order valence-corrected chi connectivity index (χ3v) is 6.57. The van der Waals surface area contributed by atoms with Gasteiger partial charge in [0.2, 0.25) is 0 Å². The summed E-state index contributed by atoms with van der Waals surface area (Å²) in [5.74, 6) is 1.96. The van der Waals surface area contributed by atoms with Crippen LogP contribution in [0.2, 0.25) is 10.0 Å². The van der Waals surface area contributed by atoms with Crippen molar-refractivity contribution in [3.63, 3.8) is 0 Å². The van der Waals surface area contributed by atoms with E-state index in [1.807, 2.05) is 60.0 Å². The van der Waals surface area contributed by atoms with Gasteiger partial charge in [-0.1, -0.05) is 59.2 Å². The van der Waals surface area contributed by atoms with E-state index in [1.165, 1.54) is 11.8 Å². The van der Waals surface area contributed by atoms with E-state index in [-0.39, 0.29) is 12.6 Å².